The van der Waals surface area contributed by atoms with Crippen LogP contribution >= 0.6 is 22.9 Å². The van der Waals surface area contributed by atoms with E-state index in [1.54, 1.807) is 35.6 Å². The molecule has 0 atom stereocenters. The van der Waals surface area contributed by atoms with Crippen molar-refractivity contribution < 1.29 is 4.79 Å². The maximum absolute atomic E-state index is 12.1. The maximum atomic E-state index is 12.1. The van der Waals surface area contributed by atoms with E-state index < -0.39 is 0 Å². The summed E-state index contributed by atoms with van der Waals surface area (Å²) in [7, 11) is 0. The van der Waals surface area contributed by atoms with E-state index in [-0.39, 0.29) is 5.91 Å². The molecule has 0 unspecified atom stereocenters. The summed E-state index contributed by atoms with van der Waals surface area (Å²) < 4.78 is 0. The molecule has 5 heteroatoms. The van der Waals surface area contributed by atoms with E-state index in [0.29, 0.717) is 23.6 Å². The van der Waals surface area contributed by atoms with Crippen LogP contribution in [0.3, 0.4) is 0 Å². The van der Waals surface area contributed by atoms with Crippen LogP contribution in [0.2, 0.25) is 5.02 Å². The monoisotopic (exact) mass is 342 g/mol. The zero-order valence-electron chi connectivity index (χ0n) is 12.3. The molecular formula is C18H15ClN2OS. The lowest BCUT2D eigenvalue weighted by atomic mass is 10.2. The number of halogens is 1. The summed E-state index contributed by atoms with van der Waals surface area (Å²) >= 11 is 7.63. The van der Waals surface area contributed by atoms with E-state index >= 15 is 0 Å². The average Bonchev–Trinajstić information content (AvgIpc) is 3.05. The topological polar surface area (TPSA) is 42.0 Å². The Bertz CT molecular complexity index is 802. The Morgan fingerprint density at radius 2 is 1.83 bits per heavy atom. The van der Waals surface area contributed by atoms with Gasteiger partial charge in [0.1, 0.15) is 5.01 Å². The third kappa shape index (κ3) is 3.97. The molecule has 2 aromatic carbocycles. The lowest BCUT2D eigenvalue weighted by Gasteiger charge is -2.05. The number of rotatable bonds is 5. The van der Waals surface area contributed by atoms with Crippen molar-refractivity contribution in [3.63, 3.8) is 0 Å². The standard InChI is InChI=1S/C18H15ClN2OS/c19-16-9-5-4-8-15(16)17(22)20-11-10-14-12-23-18(21-14)13-6-2-1-3-7-13/h1-9,12H,10-11H2,(H,20,22). The molecule has 3 aromatic rings. The molecule has 0 radical (unpaired) electrons. The van der Waals surface area contributed by atoms with Gasteiger partial charge < -0.3 is 5.32 Å². The first-order valence-electron chi connectivity index (χ1n) is 7.26. The molecule has 3 rings (SSSR count). The molecule has 0 aliphatic heterocycles. The normalized spacial score (nSPS) is 10.5. The van der Waals surface area contributed by atoms with Crippen LogP contribution in [0.25, 0.3) is 10.6 Å². The Kier molecular flexibility index (Phi) is 5.05. The van der Waals surface area contributed by atoms with Crippen LogP contribution in [-0.2, 0) is 6.42 Å². The molecule has 0 aliphatic carbocycles. The second-order valence-electron chi connectivity index (χ2n) is 5.00. The van der Waals surface area contributed by atoms with Crippen molar-refractivity contribution in [3.8, 4) is 10.6 Å². The largest absolute Gasteiger partial charge is 0.352 e. The van der Waals surface area contributed by atoms with Gasteiger partial charge in [0.15, 0.2) is 0 Å². The first-order valence-corrected chi connectivity index (χ1v) is 8.52. The van der Waals surface area contributed by atoms with Gasteiger partial charge in [-0.05, 0) is 12.1 Å². The van der Waals surface area contributed by atoms with Crippen molar-refractivity contribution >= 4 is 28.8 Å². The minimum absolute atomic E-state index is 0.158. The van der Waals surface area contributed by atoms with Crippen molar-refractivity contribution in [2.45, 2.75) is 6.42 Å². The number of aromatic nitrogens is 1. The number of hydrogen-bond acceptors (Lipinski definition) is 3. The molecule has 1 aromatic heterocycles. The third-order valence-corrected chi connectivity index (χ3v) is 4.63. The van der Waals surface area contributed by atoms with Crippen molar-refractivity contribution in [1.29, 1.82) is 0 Å². The molecule has 0 saturated heterocycles. The predicted octanol–water partition coefficient (Wildman–Crippen LogP) is 4.44. The fraction of sp³-hybridized carbons (Fsp3) is 0.111. The minimum Gasteiger partial charge on any atom is -0.352 e. The van der Waals surface area contributed by atoms with E-state index in [1.807, 2.05) is 35.7 Å². The maximum Gasteiger partial charge on any atom is 0.252 e. The molecule has 3 nitrogen and oxygen atoms in total. The Morgan fingerprint density at radius 3 is 2.61 bits per heavy atom. The highest BCUT2D eigenvalue weighted by atomic mass is 35.5. The van der Waals surface area contributed by atoms with Gasteiger partial charge in [0.25, 0.3) is 5.91 Å². The first kappa shape index (κ1) is 15.7. The van der Waals surface area contributed by atoms with E-state index in [1.165, 1.54) is 0 Å². The number of thiazole rings is 1. The quantitative estimate of drug-likeness (QED) is 0.745. The number of carbonyl (C=O) groups excluding carboxylic acids is 1. The number of hydrogen-bond donors (Lipinski definition) is 1. The highest BCUT2D eigenvalue weighted by Gasteiger charge is 2.09. The van der Waals surface area contributed by atoms with Crippen LogP contribution in [0.4, 0.5) is 0 Å². The van der Waals surface area contributed by atoms with Crippen molar-refractivity contribution in [2.75, 3.05) is 6.54 Å². The van der Waals surface area contributed by atoms with Gasteiger partial charge in [-0.3, -0.25) is 4.79 Å². The summed E-state index contributed by atoms with van der Waals surface area (Å²) in [5.41, 5.74) is 2.59. The Morgan fingerprint density at radius 1 is 1.09 bits per heavy atom. The smallest absolute Gasteiger partial charge is 0.252 e. The minimum atomic E-state index is -0.158. The molecule has 0 bridgehead atoms. The molecule has 0 saturated carbocycles. The van der Waals surface area contributed by atoms with Crippen LogP contribution in [0.1, 0.15) is 16.1 Å². The highest BCUT2D eigenvalue weighted by molar-refractivity contribution is 7.13. The van der Waals surface area contributed by atoms with Gasteiger partial charge in [-0.25, -0.2) is 4.98 Å². The summed E-state index contributed by atoms with van der Waals surface area (Å²) in [6.45, 7) is 0.530. The number of nitrogens with zero attached hydrogens (tertiary/aromatic N) is 1. The molecule has 0 spiro atoms. The van der Waals surface area contributed by atoms with Crippen LogP contribution < -0.4 is 5.32 Å². The van der Waals surface area contributed by atoms with E-state index in [4.69, 9.17) is 11.6 Å². The summed E-state index contributed by atoms with van der Waals surface area (Å²) in [4.78, 5) is 16.7. The van der Waals surface area contributed by atoms with Crippen LogP contribution in [0.15, 0.2) is 60.0 Å². The summed E-state index contributed by atoms with van der Waals surface area (Å²) in [6.07, 6.45) is 0.694. The third-order valence-electron chi connectivity index (χ3n) is 3.36. The van der Waals surface area contributed by atoms with Crippen LogP contribution in [-0.4, -0.2) is 17.4 Å². The molecule has 23 heavy (non-hydrogen) atoms. The average molecular weight is 343 g/mol. The summed E-state index contributed by atoms with van der Waals surface area (Å²) in [5.74, 6) is -0.158. The number of nitrogens with one attached hydrogen (secondary N) is 1. The molecular weight excluding hydrogens is 328 g/mol. The van der Waals surface area contributed by atoms with Crippen LogP contribution in [0, 0.1) is 0 Å². The van der Waals surface area contributed by atoms with Gasteiger partial charge in [0, 0.05) is 23.9 Å². The first-order chi connectivity index (χ1) is 11.2. The predicted molar refractivity (Wildman–Crippen MR) is 95.0 cm³/mol. The summed E-state index contributed by atoms with van der Waals surface area (Å²) in [5, 5.41) is 6.37. The number of amides is 1. The fourth-order valence-corrected chi connectivity index (χ4v) is 3.26. The lowest BCUT2D eigenvalue weighted by Crippen LogP contribution is -2.26. The second-order valence-corrected chi connectivity index (χ2v) is 6.26. The van der Waals surface area contributed by atoms with Crippen LogP contribution in [0.5, 0.6) is 0 Å². The van der Waals surface area contributed by atoms with E-state index in [2.05, 4.69) is 10.3 Å². The Hall–Kier alpha value is -2.17. The van der Waals surface area contributed by atoms with Gasteiger partial charge in [-0.15, -0.1) is 11.3 Å². The van der Waals surface area contributed by atoms with E-state index in [0.717, 1.165) is 16.3 Å². The van der Waals surface area contributed by atoms with Crippen molar-refractivity contribution in [2.24, 2.45) is 0 Å². The summed E-state index contributed by atoms with van der Waals surface area (Å²) in [6, 6.07) is 17.1. The fourth-order valence-electron chi connectivity index (χ4n) is 2.18. The van der Waals surface area contributed by atoms with Gasteiger partial charge >= 0.3 is 0 Å². The number of benzene rings is 2. The highest BCUT2D eigenvalue weighted by Crippen LogP contribution is 2.23. The van der Waals surface area contributed by atoms with Gasteiger partial charge in [-0.2, -0.15) is 0 Å². The Labute approximate surface area is 144 Å². The SMILES string of the molecule is O=C(NCCc1csc(-c2ccccc2)n1)c1ccccc1Cl. The molecule has 116 valence electrons. The van der Waals surface area contributed by atoms with Crippen molar-refractivity contribution in [1.82, 2.24) is 10.3 Å². The second kappa shape index (κ2) is 7.40. The number of carbonyl (C=O) groups is 1. The Balaban J connectivity index is 1.56. The zero-order chi connectivity index (χ0) is 16.1. The molecule has 0 fully saturated rings. The molecule has 0 aliphatic rings. The van der Waals surface area contributed by atoms with Crippen molar-refractivity contribution in [3.05, 3.63) is 76.3 Å². The molecule has 1 N–H and O–H groups in total. The molecule has 1 heterocycles. The van der Waals surface area contributed by atoms with E-state index in [9.17, 15) is 4.79 Å². The van der Waals surface area contributed by atoms with Gasteiger partial charge in [-0.1, -0.05) is 54.1 Å². The van der Waals surface area contributed by atoms with Gasteiger partial charge in [0.05, 0.1) is 16.3 Å². The lowest BCUT2D eigenvalue weighted by molar-refractivity contribution is 0.0954. The van der Waals surface area contributed by atoms with Gasteiger partial charge in [0.2, 0.25) is 0 Å². The zero-order valence-corrected chi connectivity index (χ0v) is 13.9. The molecule has 1 amide bonds.